The van der Waals surface area contributed by atoms with Crippen LogP contribution in [-0.4, -0.2) is 32.3 Å². The molecule has 1 N–H and O–H groups in total. The van der Waals surface area contributed by atoms with Crippen LogP contribution in [-0.2, 0) is 14.8 Å². The summed E-state index contributed by atoms with van der Waals surface area (Å²) in [5.41, 5.74) is 2.34. The molecule has 0 aliphatic heterocycles. The van der Waals surface area contributed by atoms with Crippen molar-refractivity contribution in [3.8, 4) is 0 Å². The molecule has 0 radical (unpaired) electrons. The zero-order valence-electron chi connectivity index (χ0n) is 11.5. The minimum absolute atomic E-state index is 0.0710. The summed E-state index contributed by atoms with van der Waals surface area (Å²) < 4.78 is 24.9. The van der Waals surface area contributed by atoms with Crippen molar-refractivity contribution < 1.29 is 18.3 Å². The second-order valence-electron chi connectivity index (χ2n) is 4.75. The Hall–Kier alpha value is -1.56. The Bertz CT molecular complexity index is 580. The first kappa shape index (κ1) is 15.5. The maximum atomic E-state index is 11.9. The SMILES string of the molecule is Cc1cccc(N(CC(C)C(=O)O)S(C)(=O)=O)c1C. The highest BCUT2D eigenvalue weighted by atomic mass is 32.2. The molecule has 0 amide bonds. The zero-order chi connectivity index (χ0) is 14.8. The monoisotopic (exact) mass is 285 g/mol. The first-order chi connectivity index (χ1) is 8.64. The topological polar surface area (TPSA) is 74.7 Å². The summed E-state index contributed by atoms with van der Waals surface area (Å²) in [6.07, 6.45) is 1.09. The van der Waals surface area contributed by atoms with E-state index in [9.17, 15) is 13.2 Å². The fourth-order valence-corrected chi connectivity index (χ4v) is 2.79. The Morgan fingerprint density at radius 3 is 2.42 bits per heavy atom. The van der Waals surface area contributed by atoms with E-state index in [4.69, 9.17) is 5.11 Å². The van der Waals surface area contributed by atoms with Gasteiger partial charge in [-0.25, -0.2) is 8.42 Å². The van der Waals surface area contributed by atoms with Crippen LogP contribution >= 0.6 is 0 Å². The molecule has 0 aliphatic carbocycles. The summed E-state index contributed by atoms with van der Waals surface area (Å²) in [6.45, 7) is 5.14. The van der Waals surface area contributed by atoms with Gasteiger partial charge in [-0.1, -0.05) is 19.1 Å². The van der Waals surface area contributed by atoms with Crippen molar-refractivity contribution in [1.29, 1.82) is 0 Å². The number of aliphatic carboxylic acids is 1. The maximum absolute atomic E-state index is 11.9. The highest BCUT2D eigenvalue weighted by Gasteiger charge is 2.24. The standard InChI is InChI=1S/C13H19NO4S/c1-9-6-5-7-12(11(9)3)14(19(4,17)18)8-10(2)13(15)16/h5-7,10H,8H2,1-4H3,(H,15,16). The van der Waals surface area contributed by atoms with E-state index in [1.165, 1.54) is 6.92 Å². The minimum Gasteiger partial charge on any atom is -0.481 e. The first-order valence-corrected chi connectivity index (χ1v) is 7.76. The second kappa shape index (κ2) is 5.61. The molecular formula is C13H19NO4S. The second-order valence-corrected chi connectivity index (χ2v) is 6.66. The number of anilines is 1. The lowest BCUT2D eigenvalue weighted by Crippen LogP contribution is -2.36. The number of benzene rings is 1. The first-order valence-electron chi connectivity index (χ1n) is 5.91. The van der Waals surface area contributed by atoms with E-state index < -0.39 is 21.9 Å². The van der Waals surface area contributed by atoms with Crippen molar-refractivity contribution >= 4 is 21.7 Å². The van der Waals surface area contributed by atoms with Crippen molar-refractivity contribution in [3.05, 3.63) is 29.3 Å². The Morgan fingerprint density at radius 2 is 1.95 bits per heavy atom. The fraction of sp³-hybridized carbons (Fsp3) is 0.462. The molecule has 6 heteroatoms. The van der Waals surface area contributed by atoms with Gasteiger partial charge in [0.25, 0.3) is 0 Å². The summed E-state index contributed by atoms with van der Waals surface area (Å²) in [4.78, 5) is 10.9. The lowest BCUT2D eigenvalue weighted by molar-refractivity contribution is -0.140. The Kier molecular flexibility index (Phi) is 4.57. The summed E-state index contributed by atoms with van der Waals surface area (Å²) in [5.74, 6) is -1.78. The molecule has 0 saturated carbocycles. The quantitative estimate of drug-likeness (QED) is 0.895. The third-order valence-corrected chi connectivity index (χ3v) is 4.25. The summed E-state index contributed by atoms with van der Waals surface area (Å²) in [6, 6.07) is 5.35. The number of rotatable bonds is 5. The van der Waals surface area contributed by atoms with Crippen LogP contribution in [0.4, 0.5) is 5.69 Å². The van der Waals surface area contributed by atoms with E-state index in [1.54, 1.807) is 12.1 Å². The average molecular weight is 285 g/mol. The number of nitrogens with zero attached hydrogens (tertiary/aromatic N) is 1. The van der Waals surface area contributed by atoms with Gasteiger partial charge in [0.2, 0.25) is 10.0 Å². The van der Waals surface area contributed by atoms with Gasteiger partial charge in [0, 0.05) is 6.54 Å². The number of hydrogen-bond acceptors (Lipinski definition) is 3. The van der Waals surface area contributed by atoms with Gasteiger partial charge in [0.05, 0.1) is 17.9 Å². The molecule has 0 bridgehead atoms. The van der Waals surface area contributed by atoms with Gasteiger partial charge in [-0.15, -0.1) is 0 Å². The predicted octanol–water partition coefficient (Wildman–Crippen LogP) is 1.79. The molecule has 1 aromatic rings. The van der Waals surface area contributed by atoms with Gasteiger partial charge in [0.1, 0.15) is 0 Å². The van der Waals surface area contributed by atoms with Crippen molar-refractivity contribution in [2.75, 3.05) is 17.1 Å². The number of aryl methyl sites for hydroxylation is 1. The molecule has 0 aromatic heterocycles. The summed E-state index contributed by atoms with van der Waals surface area (Å²) in [5, 5.41) is 8.95. The van der Waals surface area contributed by atoms with E-state index >= 15 is 0 Å². The number of carboxylic acid groups (broad SMARTS) is 1. The van der Waals surface area contributed by atoms with Gasteiger partial charge >= 0.3 is 5.97 Å². The van der Waals surface area contributed by atoms with E-state index in [-0.39, 0.29) is 6.54 Å². The van der Waals surface area contributed by atoms with Crippen LogP contribution in [0, 0.1) is 19.8 Å². The normalized spacial score (nSPS) is 13.1. The van der Waals surface area contributed by atoms with Crippen LogP contribution in [0.5, 0.6) is 0 Å². The Balaban J connectivity index is 3.26. The molecule has 106 valence electrons. The molecule has 0 aliphatic rings. The third kappa shape index (κ3) is 3.70. The smallest absolute Gasteiger partial charge is 0.308 e. The van der Waals surface area contributed by atoms with Crippen molar-refractivity contribution in [3.63, 3.8) is 0 Å². The molecule has 0 fully saturated rings. The molecule has 1 unspecified atom stereocenters. The van der Waals surface area contributed by atoms with Crippen LogP contribution in [0.25, 0.3) is 0 Å². The molecule has 1 rings (SSSR count). The van der Waals surface area contributed by atoms with Crippen molar-refractivity contribution in [2.45, 2.75) is 20.8 Å². The van der Waals surface area contributed by atoms with Crippen LogP contribution in [0.1, 0.15) is 18.1 Å². The van der Waals surface area contributed by atoms with Gasteiger partial charge in [-0.2, -0.15) is 0 Å². The average Bonchev–Trinajstić information content (AvgIpc) is 2.28. The van der Waals surface area contributed by atoms with Gasteiger partial charge < -0.3 is 5.11 Å². The summed E-state index contributed by atoms with van der Waals surface area (Å²) in [7, 11) is -3.52. The maximum Gasteiger partial charge on any atom is 0.308 e. The molecule has 19 heavy (non-hydrogen) atoms. The van der Waals surface area contributed by atoms with E-state index in [2.05, 4.69) is 0 Å². The number of sulfonamides is 1. The summed E-state index contributed by atoms with van der Waals surface area (Å²) >= 11 is 0. The van der Waals surface area contributed by atoms with Gasteiger partial charge in [-0.3, -0.25) is 9.10 Å². The van der Waals surface area contributed by atoms with E-state index in [0.717, 1.165) is 21.7 Å². The number of carboxylic acids is 1. The lowest BCUT2D eigenvalue weighted by atomic mass is 10.1. The zero-order valence-corrected chi connectivity index (χ0v) is 12.4. The highest BCUT2D eigenvalue weighted by molar-refractivity contribution is 7.92. The van der Waals surface area contributed by atoms with Crippen LogP contribution in [0.3, 0.4) is 0 Å². The third-order valence-electron chi connectivity index (χ3n) is 3.11. The molecule has 5 nitrogen and oxygen atoms in total. The predicted molar refractivity (Wildman–Crippen MR) is 74.9 cm³/mol. The Labute approximate surface area is 113 Å². The largest absolute Gasteiger partial charge is 0.481 e. The number of carbonyl (C=O) groups is 1. The Morgan fingerprint density at radius 1 is 1.37 bits per heavy atom. The molecule has 0 heterocycles. The van der Waals surface area contributed by atoms with Crippen molar-refractivity contribution in [2.24, 2.45) is 5.92 Å². The molecule has 1 aromatic carbocycles. The highest BCUT2D eigenvalue weighted by Crippen LogP contribution is 2.25. The number of hydrogen-bond donors (Lipinski definition) is 1. The minimum atomic E-state index is -3.52. The van der Waals surface area contributed by atoms with Crippen LogP contribution < -0.4 is 4.31 Å². The van der Waals surface area contributed by atoms with E-state index in [0.29, 0.717) is 5.69 Å². The molecule has 0 saturated heterocycles. The van der Waals surface area contributed by atoms with E-state index in [1.807, 2.05) is 19.9 Å². The molecule has 1 atom stereocenters. The molecular weight excluding hydrogens is 266 g/mol. The lowest BCUT2D eigenvalue weighted by Gasteiger charge is -2.26. The fourth-order valence-electron chi connectivity index (χ4n) is 1.75. The van der Waals surface area contributed by atoms with Gasteiger partial charge in [0.15, 0.2) is 0 Å². The molecule has 0 spiro atoms. The van der Waals surface area contributed by atoms with Gasteiger partial charge in [-0.05, 0) is 31.0 Å². The van der Waals surface area contributed by atoms with Crippen molar-refractivity contribution in [1.82, 2.24) is 0 Å². The van der Waals surface area contributed by atoms with Crippen LogP contribution in [0.15, 0.2) is 18.2 Å². The van der Waals surface area contributed by atoms with Crippen LogP contribution in [0.2, 0.25) is 0 Å².